The molecule has 0 fully saturated rings. The molecule has 0 aliphatic rings. The van der Waals surface area contributed by atoms with Crippen molar-refractivity contribution in [3.05, 3.63) is 0 Å². The summed E-state index contributed by atoms with van der Waals surface area (Å²) in [5.41, 5.74) is 0. The van der Waals surface area contributed by atoms with Gasteiger partial charge in [-0.1, -0.05) is 0 Å². The van der Waals surface area contributed by atoms with Crippen LogP contribution in [-0.2, 0) is 0 Å². The maximum atomic E-state index is 3.33. The predicted molar refractivity (Wildman–Crippen MR) is 35.7 cm³/mol. The van der Waals surface area contributed by atoms with E-state index in [1.54, 1.807) is 0 Å². The van der Waals surface area contributed by atoms with E-state index in [1.165, 1.54) is 0 Å². The molecule has 0 bridgehead atoms. The molecule has 0 rings (SSSR count). The number of halogens is 4. The van der Waals surface area contributed by atoms with Crippen molar-refractivity contribution in [3.8, 4) is 0 Å². The first-order chi connectivity index (χ1) is 2.00. The quantitative estimate of drug-likeness (QED) is 0.508. The van der Waals surface area contributed by atoms with Gasteiger partial charge in [-0.25, -0.2) is 0 Å². The van der Waals surface area contributed by atoms with E-state index in [2.05, 4.69) is 28.2 Å². The Hall–Kier alpha value is 3.50. The van der Waals surface area contributed by atoms with Gasteiger partial charge in [-0.15, -0.1) is 0 Å². The first-order valence-corrected chi connectivity index (χ1v) is 22.0. The number of hydrogen-bond donors (Lipinski definition) is 0. The molecule has 0 saturated heterocycles. The summed E-state index contributed by atoms with van der Waals surface area (Å²) in [6, 6.07) is 0. The molecule has 0 heterocycles. The third kappa shape index (κ3) is 18.5. The summed E-state index contributed by atoms with van der Waals surface area (Å²) in [5.74, 6) is 0. The van der Waals surface area contributed by atoms with Gasteiger partial charge < -0.3 is 0 Å². The van der Waals surface area contributed by atoms with Crippen LogP contribution in [0.5, 0.6) is 0 Å². The van der Waals surface area contributed by atoms with Crippen molar-refractivity contribution in [3.63, 3.8) is 0 Å². The Kier molecular flexibility index (Phi) is 5.98. The summed E-state index contributed by atoms with van der Waals surface area (Å²) in [7, 11) is 13.3. The molecular formula is Br4Eu. The third-order valence-corrected chi connectivity index (χ3v) is 0. The molecule has 0 saturated carbocycles. The second-order valence-corrected chi connectivity index (χ2v) is 64.9. The average Bonchev–Trinajstić information content (AvgIpc) is 0.722. The van der Waals surface area contributed by atoms with Crippen molar-refractivity contribution in [2.75, 3.05) is 0 Å². The van der Waals surface area contributed by atoms with Gasteiger partial charge >= 0.3 is 54.4 Å². The van der Waals surface area contributed by atoms with E-state index in [1.807, 2.05) is 0 Å². The summed E-state index contributed by atoms with van der Waals surface area (Å²) >= 11 is -1.86. The van der Waals surface area contributed by atoms with Crippen molar-refractivity contribution >= 4 is 28.2 Å². The molecule has 5 heavy (non-hydrogen) atoms. The molecule has 0 spiro atoms. The van der Waals surface area contributed by atoms with Gasteiger partial charge in [0.1, 0.15) is 0 Å². The number of rotatable bonds is 0. The van der Waals surface area contributed by atoms with E-state index in [0.717, 1.165) is 0 Å². The summed E-state index contributed by atoms with van der Waals surface area (Å²) < 4.78 is 0. The van der Waals surface area contributed by atoms with Gasteiger partial charge in [0.05, 0.1) is 0 Å². The molecule has 0 aliphatic heterocycles. The van der Waals surface area contributed by atoms with Crippen molar-refractivity contribution < 1.29 is 26.1 Å². The van der Waals surface area contributed by atoms with E-state index in [0.29, 0.717) is 0 Å². The number of hydrogen-bond acceptors (Lipinski definition) is 0. The minimum atomic E-state index is -1.86. The molecule has 0 N–H and O–H groups in total. The molecule has 35 valence electrons. The van der Waals surface area contributed by atoms with Crippen LogP contribution in [0, 0.1) is 26.1 Å². The van der Waals surface area contributed by atoms with Gasteiger partial charge in [-0.3, -0.25) is 0 Å². The molecule has 0 nitrogen and oxygen atoms in total. The van der Waals surface area contributed by atoms with Crippen LogP contribution in [0.2, 0.25) is 0 Å². The van der Waals surface area contributed by atoms with E-state index in [9.17, 15) is 0 Å². The molecule has 0 aliphatic carbocycles. The standard InChI is InChI=1S/4BrH.Eu/h4*1H;/q;;;;+4/p-4. The Morgan fingerprint density at radius 3 is 0.800 bits per heavy atom. The second-order valence-electron chi connectivity index (χ2n) is 0.324. The van der Waals surface area contributed by atoms with Crippen LogP contribution in [0.15, 0.2) is 0 Å². The SMILES string of the molecule is [Br][Eu]([Br])([Br])[Br]. The fraction of sp³-hybridized carbons (Fsp3) is 0. The zero-order valence-electron chi connectivity index (χ0n) is 1.89. The van der Waals surface area contributed by atoms with Gasteiger partial charge in [0.15, 0.2) is 0 Å². The summed E-state index contributed by atoms with van der Waals surface area (Å²) in [4.78, 5) is 0. The monoisotopic (exact) mass is 469 g/mol. The minimum absolute atomic E-state index is 1.86. The Balaban J connectivity index is 3.02. The Morgan fingerprint density at radius 1 is 0.800 bits per heavy atom. The van der Waals surface area contributed by atoms with Gasteiger partial charge in [0.2, 0.25) is 0 Å². The van der Waals surface area contributed by atoms with Gasteiger partial charge in [-0.05, 0) is 0 Å². The first-order valence-electron chi connectivity index (χ1n) is 0.571. The molecule has 0 amide bonds. The van der Waals surface area contributed by atoms with Crippen LogP contribution in [0.4, 0.5) is 0 Å². The van der Waals surface area contributed by atoms with Crippen LogP contribution in [-0.4, -0.2) is 0 Å². The van der Waals surface area contributed by atoms with Crippen LogP contribution in [0.25, 0.3) is 0 Å². The van der Waals surface area contributed by atoms with Crippen LogP contribution in [0.1, 0.15) is 0 Å². The fourth-order valence-electron chi connectivity index (χ4n) is 0. The van der Waals surface area contributed by atoms with Crippen molar-refractivity contribution in [2.45, 2.75) is 0 Å². The molecule has 0 aromatic rings. The average molecular weight is 472 g/mol. The van der Waals surface area contributed by atoms with Gasteiger partial charge in [0.25, 0.3) is 0 Å². The molecule has 0 radical (unpaired) electrons. The van der Waals surface area contributed by atoms with Crippen LogP contribution in [0.3, 0.4) is 0 Å². The summed E-state index contributed by atoms with van der Waals surface area (Å²) in [5, 5.41) is 0. The predicted octanol–water partition coefficient (Wildman–Crippen LogP) is 3.38. The zero-order valence-corrected chi connectivity index (χ0v) is 10.7. The topological polar surface area (TPSA) is 0 Å². The van der Waals surface area contributed by atoms with E-state index < -0.39 is 26.1 Å². The molecule has 0 atom stereocenters. The molecule has 5 heteroatoms. The van der Waals surface area contributed by atoms with Crippen LogP contribution >= 0.6 is 28.2 Å². The maximum absolute atomic E-state index is 3.33. The van der Waals surface area contributed by atoms with Crippen LogP contribution < -0.4 is 0 Å². The molecular weight excluding hydrogens is 472 g/mol. The van der Waals surface area contributed by atoms with Crippen molar-refractivity contribution in [1.82, 2.24) is 0 Å². The normalized spacial score (nSPS) is 15.2. The van der Waals surface area contributed by atoms with Gasteiger partial charge in [-0.2, -0.15) is 0 Å². The van der Waals surface area contributed by atoms with Gasteiger partial charge in [0, 0.05) is 0 Å². The second kappa shape index (κ2) is 3.51. The first kappa shape index (κ1) is 8.50. The third-order valence-electron chi connectivity index (χ3n) is 0. The Morgan fingerprint density at radius 2 is 0.800 bits per heavy atom. The molecule has 0 unspecified atom stereocenters. The Labute approximate surface area is 51.5 Å². The fourth-order valence-corrected chi connectivity index (χ4v) is 0. The van der Waals surface area contributed by atoms with E-state index in [-0.39, 0.29) is 0 Å². The Bertz CT molecular complexity index is 19.1. The molecule has 0 aromatic heterocycles. The molecule has 0 aromatic carbocycles. The van der Waals surface area contributed by atoms with E-state index >= 15 is 0 Å². The van der Waals surface area contributed by atoms with E-state index in [4.69, 9.17) is 0 Å². The van der Waals surface area contributed by atoms with Crippen molar-refractivity contribution in [1.29, 1.82) is 0 Å². The zero-order chi connectivity index (χ0) is 4.50. The summed E-state index contributed by atoms with van der Waals surface area (Å²) in [6.45, 7) is 0. The summed E-state index contributed by atoms with van der Waals surface area (Å²) in [6.07, 6.45) is 0. The van der Waals surface area contributed by atoms with Crippen molar-refractivity contribution in [2.24, 2.45) is 0 Å².